The first-order chi connectivity index (χ1) is 2.27. The maximum Gasteiger partial charge on any atom is 0.102 e. The van der Waals surface area contributed by atoms with Gasteiger partial charge < -0.3 is 23.1 Å². The summed E-state index contributed by atoms with van der Waals surface area (Å²) in [5, 5.41) is 8.14. The lowest BCUT2D eigenvalue weighted by Gasteiger charge is -1.91. The predicted molar refractivity (Wildman–Crippen MR) is 30.5 cm³/mol. The number of hydrogen-bond acceptors (Lipinski definition) is 4. The number of aliphatic hydroxyl groups is 1. The highest BCUT2D eigenvalue weighted by Gasteiger charge is 1.81. The van der Waals surface area contributed by atoms with Gasteiger partial charge in [0.05, 0.1) is 0 Å². The van der Waals surface area contributed by atoms with Gasteiger partial charge in [0.2, 0.25) is 0 Å². The molecule has 0 aliphatic rings. The number of rotatable bonds is 1. The van der Waals surface area contributed by atoms with Gasteiger partial charge in [-0.15, -0.1) is 0 Å². The average Bonchev–Trinajstić information content (AvgIpc) is 1.38. The van der Waals surface area contributed by atoms with Gasteiger partial charge in [0, 0.05) is 0 Å². The topological polar surface area (TPSA) is 116 Å². The highest BCUT2D eigenvalue weighted by atomic mass is 16.3. The molecule has 7 heavy (non-hydrogen) atoms. The lowest BCUT2D eigenvalue weighted by Crippen LogP contribution is -2.16. The highest BCUT2D eigenvalue weighted by Crippen LogP contribution is 1.72. The molecule has 0 aromatic rings. The lowest BCUT2D eigenvalue weighted by molar-refractivity contribution is 0.178. The lowest BCUT2D eigenvalue weighted by atomic mass is 10.5. The molecule has 0 fully saturated rings. The van der Waals surface area contributed by atoms with Gasteiger partial charge in [-0.25, -0.2) is 0 Å². The van der Waals surface area contributed by atoms with E-state index in [4.69, 9.17) is 10.8 Å². The summed E-state index contributed by atoms with van der Waals surface area (Å²) >= 11 is 0. The molecule has 0 bridgehead atoms. The fraction of sp³-hybridized carbons (Fsp3) is 1.00. The second kappa shape index (κ2) is 9.28. The zero-order chi connectivity index (χ0) is 4.28. The third-order valence-corrected chi connectivity index (χ3v) is 0.418. The second-order valence-electron chi connectivity index (χ2n) is 0.976. The van der Waals surface area contributed by atoms with Gasteiger partial charge in [0.15, 0.2) is 0 Å². The van der Waals surface area contributed by atoms with Crippen LogP contribution < -0.4 is 18.0 Å². The Labute approximate surface area is 43.9 Å². The maximum atomic E-state index is 8.14. The first kappa shape index (κ1) is 15.8. The molecule has 0 heterocycles. The first-order valence-electron chi connectivity index (χ1n) is 1.71. The molecule has 0 amide bonds. The van der Waals surface area contributed by atoms with E-state index in [1.165, 1.54) is 0 Å². The van der Waals surface area contributed by atoms with Gasteiger partial charge in [-0.1, -0.05) is 6.92 Å². The van der Waals surface area contributed by atoms with E-state index in [0.29, 0.717) is 6.42 Å². The minimum Gasteiger partial charge on any atom is -0.379 e. The van der Waals surface area contributed by atoms with Crippen LogP contribution in [0.3, 0.4) is 0 Å². The van der Waals surface area contributed by atoms with Gasteiger partial charge in [-0.3, -0.25) is 0 Å². The van der Waals surface area contributed by atoms with Crippen molar-refractivity contribution in [1.29, 1.82) is 0 Å². The van der Waals surface area contributed by atoms with Gasteiger partial charge >= 0.3 is 0 Å². The zero-order valence-electron chi connectivity index (χ0n) is 4.72. The molecule has 1 unspecified atom stereocenters. The molecule has 0 radical (unpaired) electrons. The van der Waals surface area contributed by atoms with Gasteiger partial charge in [-0.05, 0) is 6.42 Å². The van der Waals surface area contributed by atoms with E-state index in [1.807, 2.05) is 6.92 Å². The van der Waals surface area contributed by atoms with Crippen LogP contribution >= 0.6 is 0 Å². The van der Waals surface area contributed by atoms with Crippen molar-refractivity contribution in [3.8, 4) is 0 Å². The van der Waals surface area contributed by atoms with Crippen LogP contribution in [0.4, 0.5) is 0 Å². The van der Waals surface area contributed by atoms with E-state index in [2.05, 4.69) is 0 Å². The summed E-state index contributed by atoms with van der Waals surface area (Å²) in [6.07, 6.45) is 0.0231. The van der Waals surface area contributed by atoms with Crippen molar-refractivity contribution < 1.29 is 5.11 Å². The van der Waals surface area contributed by atoms with Crippen molar-refractivity contribution in [3.05, 3.63) is 0 Å². The zero-order valence-corrected chi connectivity index (χ0v) is 4.72. The molecule has 4 heteroatoms. The molecular weight excluding hydrogens is 94.1 g/mol. The summed E-state index contributed by atoms with van der Waals surface area (Å²) in [7, 11) is 0. The molecule has 0 aliphatic carbocycles. The van der Waals surface area contributed by atoms with Gasteiger partial charge in [-0.2, -0.15) is 0 Å². The molecule has 0 rings (SSSR count). The van der Waals surface area contributed by atoms with Crippen LogP contribution in [-0.2, 0) is 0 Å². The number of hydrogen-bond donors (Lipinski definition) is 4. The van der Waals surface area contributed by atoms with E-state index in [-0.39, 0.29) is 12.3 Å². The normalized spacial score (nSPS) is 10.7. The maximum absolute atomic E-state index is 8.14. The van der Waals surface area contributed by atoms with Crippen molar-refractivity contribution in [1.82, 2.24) is 12.3 Å². The summed E-state index contributed by atoms with van der Waals surface area (Å²) in [6.45, 7) is 1.82. The summed E-state index contributed by atoms with van der Waals surface area (Å²) in [5.41, 5.74) is 4.85. The molecule has 0 saturated heterocycles. The van der Waals surface area contributed by atoms with E-state index in [1.54, 1.807) is 0 Å². The van der Waals surface area contributed by atoms with Crippen LogP contribution in [0.1, 0.15) is 13.3 Å². The largest absolute Gasteiger partial charge is 0.379 e. The van der Waals surface area contributed by atoms with Crippen LogP contribution in [0, 0.1) is 0 Å². The van der Waals surface area contributed by atoms with Crippen LogP contribution in [0.25, 0.3) is 0 Å². The smallest absolute Gasteiger partial charge is 0.102 e. The van der Waals surface area contributed by atoms with Crippen LogP contribution in [0.2, 0.25) is 0 Å². The second-order valence-corrected chi connectivity index (χ2v) is 0.976. The molecule has 1 atom stereocenters. The van der Waals surface area contributed by atoms with Crippen molar-refractivity contribution in [2.45, 2.75) is 19.6 Å². The monoisotopic (exact) mass is 109 g/mol. The van der Waals surface area contributed by atoms with Crippen LogP contribution in [-0.4, -0.2) is 11.3 Å². The highest BCUT2D eigenvalue weighted by molar-refractivity contribution is 4.31. The van der Waals surface area contributed by atoms with E-state index in [9.17, 15) is 0 Å². The molecule has 0 saturated carbocycles. The van der Waals surface area contributed by atoms with E-state index in [0.717, 1.165) is 0 Å². The fourth-order valence-corrected chi connectivity index (χ4v) is 0. The Kier molecular flexibility index (Phi) is 21.0. The van der Waals surface area contributed by atoms with Crippen LogP contribution in [0.5, 0.6) is 0 Å². The molecule has 9 N–H and O–H groups in total. The summed E-state index contributed by atoms with van der Waals surface area (Å²) in [4.78, 5) is 0. The molecule has 0 spiro atoms. The molecule has 0 aromatic heterocycles. The predicted octanol–water partition coefficient (Wildman–Crippen LogP) is -0.00250. The summed E-state index contributed by atoms with van der Waals surface area (Å²) < 4.78 is 0. The quantitative estimate of drug-likeness (QED) is 0.354. The molecule has 48 valence electrons. The third kappa shape index (κ3) is 25.4. The molecule has 0 aromatic carbocycles. The van der Waals surface area contributed by atoms with Gasteiger partial charge in [0.1, 0.15) is 6.23 Å². The Morgan fingerprint density at radius 2 is 1.71 bits per heavy atom. The molecule has 0 aliphatic heterocycles. The Hall–Kier alpha value is -0.160. The van der Waals surface area contributed by atoms with E-state index >= 15 is 0 Å². The fourth-order valence-electron chi connectivity index (χ4n) is 0. The SMILES string of the molecule is CCC(N)O.N.N. The minimum atomic E-state index is -0.616. The van der Waals surface area contributed by atoms with Crippen molar-refractivity contribution >= 4 is 0 Å². The Morgan fingerprint density at radius 3 is 1.71 bits per heavy atom. The van der Waals surface area contributed by atoms with Crippen molar-refractivity contribution in [3.63, 3.8) is 0 Å². The van der Waals surface area contributed by atoms with Gasteiger partial charge in [0.25, 0.3) is 0 Å². The molecular formula is C3H15N3O. The summed E-state index contributed by atoms with van der Waals surface area (Å²) in [5.74, 6) is 0. The third-order valence-electron chi connectivity index (χ3n) is 0.418. The first-order valence-corrected chi connectivity index (χ1v) is 1.71. The number of aliphatic hydroxyl groups excluding tert-OH is 1. The minimum absolute atomic E-state index is 0. The van der Waals surface area contributed by atoms with Crippen molar-refractivity contribution in [2.24, 2.45) is 5.73 Å². The number of nitrogens with two attached hydrogens (primary N) is 1. The van der Waals surface area contributed by atoms with E-state index < -0.39 is 6.23 Å². The average molecular weight is 109 g/mol. The standard InChI is InChI=1S/C3H9NO.2H3N/c1-2-3(4)5;;/h3,5H,2,4H2,1H3;2*1H3. The van der Waals surface area contributed by atoms with Crippen LogP contribution in [0.15, 0.2) is 0 Å². The Morgan fingerprint density at radius 1 is 1.57 bits per heavy atom. The molecule has 4 nitrogen and oxygen atoms in total. The van der Waals surface area contributed by atoms with Crippen molar-refractivity contribution in [2.75, 3.05) is 0 Å². The Bertz CT molecular complexity index is 24.1. The summed E-state index contributed by atoms with van der Waals surface area (Å²) in [6, 6.07) is 0. The Balaban J connectivity index is -0.0000000800.